The highest BCUT2D eigenvalue weighted by atomic mass is 127. The summed E-state index contributed by atoms with van der Waals surface area (Å²) in [4.78, 5) is 9.84. The fraction of sp³-hybridized carbons (Fsp3) is 0.955. The van der Waals surface area contributed by atoms with Gasteiger partial charge in [0.1, 0.15) is 0 Å². The van der Waals surface area contributed by atoms with E-state index in [1.54, 1.807) is 0 Å². The minimum absolute atomic E-state index is 0. The smallest absolute Gasteiger partial charge is 0.191 e. The van der Waals surface area contributed by atoms with Gasteiger partial charge in [-0.2, -0.15) is 0 Å². The Hall–Kier alpha value is -0.0800. The van der Waals surface area contributed by atoms with Crippen molar-refractivity contribution in [3.05, 3.63) is 0 Å². The molecule has 5 nitrogen and oxygen atoms in total. The Morgan fingerprint density at radius 3 is 2.14 bits per heavy atom. The summed E-state index contributed by atoms with van der Waals surface area (Å²) in [6, 6.07) is 0.577. The molecule has 3 fully saturated rings. The highest BCUT2D eigenvalue weighted by Gasteiger charge is 2.39. The molecule has 164 valence electrons. The van der Waals surface area contributed by atoms with E-state index in [1.807, 2.05) is 7.05 Å². The van der Waals surface area contributed by atoms with Crippen LogP contribution in [0.1, 0.15) is 71.6 Å². The molecule has 0 atom stereocenters. The van der Waals surface area contributed by atoms with Gasteiger partial charge >= 0.3 is 0 Å². The number of hydrogen-bond acceptors (Lipinski definition) is 3. The molecule has 2 aliphatic heterocycles. The Kier molecular flexibility index (Phi) is 9.33. The van der Waals surface area contributed by atoms with E-state index in [-0.39, 0.29) is 24.0 Å². The van der Waals surface area contributed by atoms with Crippen LogP contribution in [0, 0.1) is 5.41 Å². The molecule has 2 saturated heterocycles. The van der Waals surface area contributed by atoms with Gasteiger partial charge in [0.25, 0.3) is 0 Å². The van der Waals surface area contributed by atoms with Gasteiger partial charge in [0.2, 0.25) is 0 Å². The monoisotopic (exact) mass is 505 g/mol. The molecule has 0 radical (unpaired) electrons. The van der Waals surface area contributed by atoms with Gasteiger partial charge in [-0.05, 0) is 90.0 Å². The Morgan fingerprint density at radius 2 is 1.57 bits per heavy atom. The third-order valence-corrected chi connectivity index (χ3v) is 7.43. The van der Waals surface area contributed by atoms with Gasteiger partial charge in [0.05, 0.1) is 0 Å². The van der Waals surface area contributed by atoms with E-state index < -0.39 is 0 Å². The van der Waals surface area contributed by atoms with E-state index in [2.05, 4.69) is 46.3 Å². The van der Waals surface area contributed by atoms with Gasteiger partial charge in [0, 0.05) is 25.2 Å². The largest absolute Gasteiger partial charge is 0.355 e. The first-order chi connectivity index (χ1) is 12.9. The normalized spacial score (nSPS) is 27.1. The zero-order valence-corrected chi connectivity index (χ0v) is 21.1. The maximum absolute atomic E-state index is 4.56. The zero-order valence-electron chi connectivity index (χ0n) is 18.7. The molecule has 1 aliphatic carbocycles. The molecule has 2 N–H and O–H groups in total. The van der Waals surface area contributed by atoms with Crippen molar-refractivity contribution in [2.75, 3.05) is 46.8 Å². The molecule has 0 unspecified atom stereocenters. The number of hydrogen-bond donors (Lipinski definition) is 2. The Labute approximate surface area is 190 Å². The van der Waals surface area contributed by atoms with Crippen molar-refractivity contribution in [2.45, 2.75) is 83.2 Å². The van der Waals surface area contributed by atoms with Crippen molar-refractivity contribution in [1.29, 1.82) is 0 Å². The first kappa shape index (κ1) is 24.2. The van der Waals surface area contributed by atoms with Crippen LogP contribution in [0.2, 0.25) is 0 Å². The second kappa shape index (κ2) is 10.8. The summed E-state index contributed by atoms with van der Waals surface area (Å²) in [5, 5.41) is 7.46. The van der Waals surface area contributed by atoms with Gasteiger partial charge in [-0.25, -0.2) is 0 Å². The molecule has 0 aromatic carbocycles. The highest BCUT2D eigenvalue weighted by molar-refractivity contribution is 14.0. The van der Waals surface area contributed by atoms with Crippen LogP contribution < -0.4 is 10.6 Å². The molecule has 2 heterocycles. The van der Waals surface area contributed by atoms with Crippen LogP contribution in [0.25, 0.3) is 0 Å². The number of likely N-dealkylation sites (tertiary alicyclic amines) is 2. The second-order valence-electron chi connectivity index (χ2n) is 10.1. The van der Waals surface area contributed by atoms with Crippen LogP contribution >= 0.6 is 24.0 Å². The minimum atomic E-state index is 0. The van der Waals surface area contributed by atoms with Gasteiger partial charge in [-0.3, -0.25) is 9.89 Å². The number of aliphatic imine (C=N–C) groups is 1. The molecule has 28 heavy (non-hydrogen) atoms. The van der Waals surface area contributed by atoms with Crippen LogP contribution in [0.15, 0.2) is 4.99 Å². The van der Waals surface area contributed by atoms with Crippen molar-refractivity contribution in [1.82, 2.24) is 20.4 Å². The third-order valence-electron chi connectivity index (χ3n) is 7.43. The lowest BCUT2D eigenvalue weighted by Crippen LogP contribution is -2.62. The zero-order chi connectivity index (χ0) is 19.3. The topological polar surface area (TPSA) is 42.9 Å². The fourth-order valence-corrected chi connectivity index (χ4v) is 5.19. The third kappa shape index (κ3) is 6.46. The minimum Gasteiger partial charge on any atom is -0.355 e. The van der Waals surface area contributed by atoms with Crippen LogP contribution in [0.3, 0.4) is 0 Å². The quantitative estimate of drug-likeness (QED) is 0.348. The van der Waals surface area contributed by atoms with E-state index in [4.69, 9.17) is 0 Å². The Balaban J connectivity index is 0.00000280. The molecule has 3 aliphatic rings. The number of guanidine groups is 1. The summed E-state index contributed by atoms with van der Waals surface area (Å²) in [6.45, 7) is 10.8. The predicted molar refractivity (Wildman–Crippen MR) is 131 cm³/mol. The summed E-state index contributed by atoms with van der Waals surface area (Å²) in [6.07, 6.45) is 11.8. The van der Waals surface area contributed by atoms with Crippen molar-refractivity contribution in [3.8, 4) is 0 Å². The van der Waals surface area contributed by atoms with Crippen LogP contribution in [0.4, 0.5) is 0 Å². The van der Waals surface area contributed by atoms with Gasteiger partial charge in [-0.15, -0.1) is 24.0 Å². The summed E-state index contributed by atoms with van der Waals surface area (Å²) in [5.41, 5.74) is 0.820. The van der Waals surface area contributed by atoms with Crippen LogP contribution in [-0.4, -0.2) is 74.2 Å². The molecule has 0 aromatic rings. The first-order valence-corrected chi connectivity index (χ1v) is 11.3. The Bertz CT molecular complexity index is 483. The number of piperidine rings is 2. The first-order valence-electron chi connectivity index (χ1n) is 11.3. The molecule has 0 amide bonds. The van der Waals surface area contributed by atoms with E-state index >= 15 is 0 Å². The van der Waals surface area contributed by atoms with Gasteiger partial charge in [-0.1, -0.05) is 20.3 Å². The second-order valence-corrected chi connectivity index (χ2v) is 10.1. The van der Waals surface area contributed by atoms with E-state index in [1.165, 1.54) is 84.0 Å². The maximum atomic E-state index is 4.56. The van der Waals surface area contributed by atoms with E-state index in [0.717, 1.165) is 12.5 Å². The Morgan fingerprint density at radius 1 is 0.964 bits per heavy atom. The predicted octanol–water partition coefficient (Wildman–Crippen LogP) is 3.69. The molecule has 1 saturated carbocycles. The summed E-state index contributed by atoms with van der Waals surface area (Å²) >= 11 is 0. The van der Waals surface area contributed by atoms with Gasteiger partial charge < -0.3 is 15.5 Å². The average molecular weight is 506 g/mol. The van der Waals surface area contributed by atoms with Crippen molar-refractivity contribution >= 4 is 29.9 Å². The molecule has 0 bridgehead atoms. The van der Waals surface area contributed by atoms with E-state index in [0.29, 0.717) is 17.0 Å². The standard InChI is InChI=1S/C22H43N5.HI/c1-21(2)10-8-19(9-11-21)25-20(23-3)24-18-22(12-16-26(4)17-13-22)27-14-6-5-7-15-27;/h19H,5-18H2,1-4H3,(H2,23,24,25);1H. The highest BCUT2D eigenvalue weighted by Crippen LogP contribution is 2.35. The molecular weight excluding hydrogens is 461 g/mol. The van der Waals surface area contributed by atoms with Crippen LogP contribution in [-0.2, 0) is 0 Å². The van der Waals surface area contributed by atoms with Crippen molar-refractivity contribution < 1.29 is 0 Å². The molecule has 0 spiro atoms. The number of nitrogens with one attached hydrogen (secondary N) is 2. The average Bonchev–Trinajstić information content (AvgIpc) is 2.68. The van der Waals surface area contributed by atoms with E-state index in [9.17, 15) is 0 Å². The maximum Gasteiger partial charge on any atom is 0.191 e. The lowest BCUT2D eigenvalue weighted by molar-refractivity contribution is 0.0172. The van der Waals surface area contributed by atoms with Crippen molar-refractivity contribution in [2.24, 2.45) is 10.4 Å². The SMILES string of the molecule is CN=C(NCC1(N2CCCCC2)CCN(C)CC1)NC1CCC(C)(C)CC1.I. The molecule has 3 rings (SSSR count). The van der Waals surface area contributed by atoms with Crippen LogP contribution in [0.5, 0.6) is 0 Å². The van der Waals surface area contributed by atoms with Gasteiger partial charge in [0.15, 0.2) is 5.96 Å². The number of rotatable bonds is 4. The lowest BCUT2D eigenvalue weighted by Gasteiger charge is -2.50. The summed E-state index contributed by atoms with van der Waals surface area (Å²) in [7, 11) is 4.18. The number of nitrogens with zero attached hydrogens (tertiary/aromatic N) is 3. The fourth-order valence-electron chi connectivity index (χ4n) is 5.19. The molecular formula is C22H44IN5. The van der Waals surface area contributed by atoms with Crippen molar-refractivity contribution in [3.63, 3.8) is 0 Å². The summed E-state index contributed by atoms with van der Waals surface area (Å²) < 4.78 is 0. The molecule has 0 aromatic heterocycles. The number of halogens is 1. The molecule has 6 heteroatoms. The summed E-state index contributed by atoms with van der Waals surface area (Å²) in [5.74, 6) is 1.01. The lowest BCUT2D eigenvalue weighted by atomic mass is 9.75.